The molecule has 0 bridgehead atoms. The number of piperazine rings is 1. The number of thiazole rings is 1. The number of likely N-dealkylation sites (N-methyl/N-ethyl adjacent to an activating group) is 1. The Labute approximate surface area is 225 Å². The molecule has 12 heteroatoms. The van der Waals surface area contributed by atoms with Crippen LogP contribution in [-0.4, -0.2) is 89.1 Å². The van der Waals surface area contributed by atoms with Gasteiger partial charge >= 0.3 is 0 Å². The molecule has 1 fully saturated rings. The number of sulfonamides is 1. The third-order valence-electron chi connectivity index (χ3n) is 7.06. The Bertz CT molecular complexity index is 1730. The van der Waals surface area contributed by atoms with Crippen LogP contribution in [0.3, 0.4) is 0 Å². The van der Waals surface area contributed by atoms with Gasteiger partial charge in [0.05, 0.1) is 44.5 Å². The number of H-pyrrole nitrogens is 1. The van der Waals surface area contributed by atoms with Crippen molar-refractivity contribution < 1.29 is 13.2 Å². The molecule has 1 aliphatic heterocycles. The average Bonchev–Trinajstić information content (AvgIpc) is 3.65. The fraction of sp³-hybridized carbons (Fsp3) is 0.346. The zero-order valence-electron chi connectivity index (χ0n) is 21.5. The van der Waals surface area contributed by atoms with Crippen LogP contribution in [0.25, 0.3) is 44.2 Å². The molecule has 1 N–H and O–H groups in total. The molecule has 0 saturated carbocycles. The number of benzene rings is 2. The summed E-state index contributed by atoms with van der Waals surface area (Å²) in [6.45, 7) is 5.28. The summed E-state index contributed by atoms with van der Waals surface area (Å²) in [6.07, 6.45) is 1.76. The Balaban J connectivity index is 1.42. The minimum atomic E-state index is -3.63. The first-order valence-corrected chi connectivity index (χ1v) is 14.7. The maximum atomic E-state index is 13.6. The van der Waals surface area contributed by atoms with E-state index in [1.54, 1.807) is 35.0 Å². The molecule has 0 atom stereocenters. The maximum Gasteiger partial charge on any atom is 0.243 e. The second-order valence-corrected chi connectivity index (χ2v) is 12.4. The molecule has 1 aliphatic rings. The summed E-state index contributed by atoms with van der Waals surface area (Å²) in [7, 11) is 0.0376. The van der Waals surface area contributed by atoms with E-state index >= 15 is 0 Å². The van der Waals surface area contributed by atoms with Crippen molar-refractivity contribution in [3.63, 3.8) is 0 Å². The second-order valence-electron chi connectivity index (χ2n) is 9.57. The van der Waals surface area contributed by atoms with Gasteiger partial charge in [-0.15, -0.1) is 11.3 Å². The summed E-state index contributed by atoms with van der Waals surface area (Å²) in [4.78, 5) is 19.8. The Morgan fingerprint density at radius 1 is 1.08 bits per heavy atom. The summed E-state index contributed by atoms with van der Waals surface area (Å²) >= 11 is 1.60. The van der Waals surface area contributed by atoms with Gasteiger partial charge in [0.1, 0.15) is 11.5 Å². The Morgan fingerprint density at radius 2 is 1.89 bits per heavy atom. The SMILES string of the molecule is COCCn1c(-c2cnc(-c3ccc4scnc4c3)[nH]2)nc2cc(S(=O)(=O)N3CCN(C)CC3)c(C)cc21. The first-order chi connectivity index (χ1) is 18.3. The summed E-state index contributed by atoms with van der Waals surface area (Å²) in [5.74, 6) is 1.40. The fourth-order valence-corrected chi connectivity index (χ4v) is 7.21. The van der Waals surface area contributed by atoms with Gasteiger partial charge in [0, 0.05) is 45.4 Å². The smallest absolute Gasteiger partial charge is 0.243 e. The molecule has 198 valence electrons. The van der Waals surface area contributed by atoms with E-state index in [1.807, 2.05) is 43.7 Å². The Hall–Kier alpha value is -3.16. The van der Waals surface area contributed by atoms with Crippen molar-refractivity contribution >= 4 is 42.6 Å². The first kappa shape index (κ1) is 25.1. The number of imidazole rings is 2. The molecule has 4 heterocycles. The van der Waals surface area contributed by atoms with E-state index < -0.39 is 10.0 Å². The monoisotopic (exact) mass is 551 g/mol. The topological polar surface area (TPSA) is 109 Å². The van der Waals surface area contributed by atoms with E-state index in [4.69, 9.17) is 9.72 Å². The average molecular weight is 552 g/mol. The zero-order valence-corrected chi connectivity index (χ0v) is 23.1. The molecule has 6 rings (SSSR count). The predicted octanol–water partition coefficient (Wildman–Crippen LogP) is 3.59. The number of methoxy groups -OCH3 is 1. The molecule has 0 radical (unpaired) electrons. The minimum Gasteiger partial charge on any atom is -0.383 e. The zero-order chi connectivity index (χ0) is 26.4. The van der Waals surface area contributed by atoms with Crippen molar-refractivity contribution in [2.24, 2.45) is 0 Å². The van der Waals surface area contributed by atoms with Crippen molar-refractivity contribution in [1.82, 2.24) is 33.7 Å². The molecular weight excluding hydrogens is 522 g/mol. The number of aryl methyl sites for hydroxylation is 1. The van der Waals surface area contributed by atoms with Gasteiger partial charge in [-0.1, -0.05) is 0 Å². The molecule has 38 heavy (non-hydrogen) atoms. The van der Waals surface area contributed by atoms with E-state index in [9.17, 15) is 8.42 Å². The molecule has 2 aromatic carbocycles. The van der Waals surface area contributed by atoms with E-state index in [0.29, 0.717) is 61.1 Å². The molecule has 0 unspecified atom stereocenters. The van der Waals surface area contributed by atoms with Crippen molar-refractivity contribution in [3.8, 4) is 22.9 Å². The van der Waals surface area contributed by atoms with Gasteiger partial charge in [0.15, 0.2) is 5.82 Å². The van der Waals surface area contributed by atoms with Gasteiger partial charge in [-0.3, -0.25) is 0 Å². The van der Waals surface area contributed by atoms with Gasteiger partial charge in [-0.2, -0.15) is 4.31 Å². The number of ether oxygens (including phenoxy) is 1. The van der Waals surface area contributed by atoms with Gasteiger partial charge in [-0.25, -0.2) is 23.4 Å². The highest BCUT2D eigenvalue weighted by atomic mass is 32.2. The van der Waals surface area contributed by atoms with E-state index in [0.717, 1.165) is 32.8 Å². The number of fused-ring (bicyclic) bond motifs is 2. The van der Waals surface area contributed by atoms with Crippen LogP contribution in [0.4, 0.5) is 0 Å². The normalized spacial score (nSPS) is 15.7. The van der Waals surface area contributed by atoms with E-state index in [2.05, 4.69) is 24.4 Å². The number of nitrogens with zero attached hydrogens (tertiary/aromatic N) is 6. The van der Waals surface area contributed by atoms with Gasteiger partial charge in [0.2, 0.25) is 10.0 Å². The van der Waals surface area contributed by atoms with Crippen molar-refractivity contribution in [2.75, 3.05) is 46.9 Å². The summed E-state index contributed by atoms with van der Waals surface area (Å²) in [6, 6.07) is 9.71. The van der Waals surface area contributed by atoms with Crippen LogP contribution in [0.2, 0.25) is 0 Å². The van der Waals surface area contributed by atoms with Crippen molar-refractivity contribution in [2.45, 2.75) is 18.4 Å². The number of hydrogen-bond acceptors (Lipinski definition) is 8. The highest BCUT2D eigenvalue weighted by Gasteiger charge is 2.30. The predicted molar refractivity (Wildman–Crippen MR) is 149 cm³/mol. The maximum absolute atomic E-state index is 13.6. The third-order valence-corrected chi connectivity index (χ3v) is 9.92. The summed E-state index contributed by atoms with van der Waals surface area (Å²) in [5, 5.41) is 0. The number of aromatic amines is 1. The largest absolute Gasteiger partial charge is 0.383 e. The van der Waals surface area contributed by atoms with Crippen LogP contribution < -0.4 is 0 Å². The van der Waals surface area contributed by atoms with Crippen LogP contribution in [0, 0.1) is 6.92 Å². The van der Waals surface area contributed by atoms with Crippen molar-refractivity contribution in [3.05, 3.63) is 47.6 Å². The molecule has 0 aliphatic carbocycles. The highest BCUT2D eigenvalue weighted by Crippen LogP contribution is 2.31. The Morgan fingerprint density at radius 3 is 2.68 bits per heavy atom. The molecule has 10 nitrogen and oxygen atoms in total. The summed E-state index contributed by atoms with van der Waals surface area (Å²) < 4.78 is 37.2. The second kappa shape index (κ2) is 9.86. The number of aromatic nitrogens is 5. The lowest BCUT2D eigenvalue weighted by Crippen LogP contribution is -2.47. The number of rotatable bonds is 7. The lowest BCUT2D eigenvalue weighted by molar-refractivity contribution is 0.188. The van der Waals surface area contributed by atoms with Crippen LogP contribution in [0.5, 0.6) is 0 Å². The quantitative estimate of drug-likeness (QED) is 0.329. The van der Waals surface area contributed by atoms with Gasteiger partial charge in [-0.05, 0) is 49.9 Å². The molecule has 5 aromatic rings. The number of nitrogens with one attached hydrogen (secondary N) is 1. The molecular formula is C26H29N7O3S2. The van der Waals surface area contributed by atoms with Crippen LogP contribution in [0.1, 0.15) is 5.56 Å². The van der Waals surface area contributed by atoms with E-state index in [1.165, 1.54) is 0 Å². The fourth-order valence-electron chi connectivity index (χ4n) is 4.90. The standard InChI is InChI=1S/C26H29N7O3S2/c1-17-12-22-19(14-24(17)38(34,35)32-8-6-31(2)7-9-32)30-26(33(22)10-11-36-3)21-15-27-25(29-21)18-4-5-23-20(13-18)28-16-37-23/h4-5,12-16H,6-11H2,1-3H3,(H,27,29). The first-order valence-electron chi connectivity index (χ1n) is 12.4. The van der Waals surface area contributed by atoms with Crippen LogP contribution in [0.15, 0.2) is 46.9 Å². The molecule has 0 amide bonds. The molecule has 1 saturated heterocycles. The minimum absolute atomic E-state index is 0.305. The van der Waals surface area contributed by atoms with E-state index in [-0.39, 0.29) is 0 Å². The highest BCUT2D eigenvalue weighted by molar-refractivity contribution is 7.89. The van der Waals surface area contributed by atoms with Gasteiger partial charge < -0.3 is 19.2 Å². The van der Waals surface area contributed by atoms with Crippen LogP contribution >= 0.6 is 11.3 Å². The summed E-state index contributed by atoms with van der Waals surface area (Å²) in [5.41, 5.74) is 6.62. The number of hydrogen-bond donors (Lipinski definition) is 1. The Kier molecular flexibility index (Phi) is 6.52. The third kappa shape index (κ3) is 4.41. The van der Waals surface area contributed by atoms with Crippen molar-refractivity contribution in [1.29, 1.82) is 0 Å². The lowest BCUT2D eigenvalue weighted by Gasteiger charge is -2.31. The lowest BCUT2D eigenvalue weighted by atomic mass is 10.2. The van der Waals surface area contributed by atoms with Crippen LogP contribution in [-0.2, 0) is 21.3 Å². The molecule has 3 aromatic heterocycles. The van der Waals surface area contributed by atoms with Gasteiger partial charge in [0.25, 0.3) is 0 Å². The molecule has 0 spiro atoms.